The molecule has 70 valence electrons. The SMILES string of the molecule is C#CCC(CCc1ccco1)NN. The van der Waals surface area contributed by atoms with Gasteiger partial charge in [0, 0.05) is 18.9 Å². The molecule has 13 heavy (non-hydrogen) atoms. The van der Waals surface area contributed by atoms with Gasteiger partial charge in [-0.15, -0.1) is 12.3 Å². The van der Waals surface area contributed by atoms with Crippen molar-refractivity contribution < 1.29 is 4.42 Å². The smallest absolute Gasteiger partial charge is 0.103 e. The van der Waals surface area contributed by atoms with E-state index in [0.29, 0.717) is 6.42 Å². The molecule has 0 aliphatic carbocycles. The zero-order chi connectivity index (χ0) is 9.52. The summed E-state index contributed by atoms with van der Waals surface area (Å²) in [4.78, 5) is 0. The molecule has 0 bridgehead atoms. The van der Waals surface area contributed by atoms with Gasteiger partial charge in [0.05, 0.1) is 6.26 Å². The van der Waals surface area contributed by atoms with Gasteiger partial charge < -0.3 is 4.42 Å². The largest absolute Gasteiger partial charge is 0.469 e. The molecule has 3 heteroatoms. The maximum atomic E-state index is 5.32. The van der Waals surface area contributed by atoms with E-state index in [2.05, 4.69) is 11.3 Å². The van der Waals surface area contributed by atoms with E-state index in [1.165, 1.54) is 0 Å². The molecule has 1 heterocycles. The van der Waals surface area contributed by atoms with Crippen LogP contribution in [0.2, 0.25) is 0 Å². The second kappa shape index (κ2) is 5.41. The van der Waals surface area contributed by atoms with E-state index in [-0.39, 0.29) is 6.04 Å². The molecule has 3 nitrogen and oxygen atoms in total. The van der Waals surface area contributed by atoms with Crippen molar-refractivity contribution in [1.82, 2.24) is 5.43 Å². The predicted molar refractivity (Wildman–Crippen MR) is 51.6 cm³/mol. The molecular formula is C10H14N2O. The van der Waals surface area contributed by atoms with Crippen molar-refractivity contribution in [3.63, 3.8) is 0 Å². The molecule has 1 aromatic heterocycles. The molecule has 1 atom stereocenters. The van der Waals surface area contributed by atoms with Crippen LogP contribution in [0.3, 0.4) is 0 Å². The summed E-state index contributed by atoms with van der Waals surface area (Å²) in [7, 11) is 0. The van der Waals surface area contributed by atoms with E-state index in [1.54, 1.807) is 6.26 Å². The Morgan fingerprint density at radius 1 is 1.69 bits per heavy atom. The van der Waals surface area contributed by atoms with Gasteiger partial charge in [0.15, 0.2) is 0 Å². The van der Waals surface area contributed by atoms with E-state index in [1.807, 2.05) is 12.1 Å². The average molecular weight is 178 g/mol. The van der Waals surface area contributed by atoms with Crippen LogP contribution in [0.15, 0.2) is 22.8 Å². The van der Waals surface area contributed by atoms with Gasteiger partial charge in [0.2, 0.25) is 0 Å². The van der Waals surface area contributed by atoms with Gasteiger partial charge in [0.1, 0.15) is 5.76 Å². The minimum absolute atomic E-state index is 0.176. The van der Waals surface area contributed by atoms with Gasteiger partial charge in [-0.25, -0.2) is 0 Å². The highest BCUT2D eigenvalue weighted by Crippen LogP contribution is 2.06. The average Bonchev–Trinajstić information content (AvgIpc) is 2.64. The Kier molecular flexibility index (Phi) is 4.10. The van der Waals surface area contributed by atoms with Crippen molar-refractivity contribution in [3.05, 3.63) is 24.2 Å². The number of aryl methyl sites for hydroxylation is 1. The lowest BCUT2D eigenvalue weighted by atomic mass is 10.1. The fourth-order valence-corrected chi connectivity index (χ4v) is 1.16. The number of furan rings is 1. The highest BCUT2D eigenvalue weighted by molar-refractivity contribution is 4.99. The van der Waals surface area contributed by atoms with Crippen molar-refractivity contribution in [3.8, 4) is 12.3 Å². The maximum Gasteiger partial charge on any atom is 0.103 e. The predicted octanol–water partition coefficient (Wildman–Crippen LogP) is 1.07. The lowest BCUT2D eigenvalue weighted by molar-refractivity contribution is 0.454. The van der Waals surface area contributed by atoms with Gasteiger partial charge >= 0.3 is 0 Å². The van der Waals surface area contributed by atoms with Crippen LogP contribution in [0.4, 0.5) is 0 Å². The summed E-state index contributed by atoms with van der Waals surface area (Å²) in [5.74, 6) is 8.87. The number of terminal acetylenes is 1. The van der Waals surface area contributed by atoms with Crippen LogP contribution in [0.25, 0.3) is 0 Å². The molecule has 0 radical (unpaired) electrons. The van der Waals surface area contributed by atoms with Gasteiger partial charge in [-0.3, -0.25) is 11.3 Å². The first-order valence-electron chi connectivity index (χ1n) is 4.28. The molecule has 1 unspecified atom stereocenters. The van der Waals surface area contributed by atoms with Crippen LogP contribution >= 0.6 is 0 Å². The van der Waals surface area contributed by atoms with Gasteiger partial charge in [-0.2, -0.15) is 0 Å². The van der Waals surface area contributed by atoms with Gasteiger partial charge in [0.25, 0.3) is 0 Å². The number of rotatable bonds is 5. The Morgan fingerprint density at radius 2 is 2.54 bits per heavy atom. The molecule has 0 saturated heterocycles. The molecule has 1 rings (SSSR count). The van der Waals surface area contributed by atoms with E-state index >= 15 is 0 Å². The van der Waals surface area contributed by atoms with Crippen molar-refractivity contribution in [1.29, 1.82) is 0 Å². The Labute approximate surface area is 78.3 Å². The topological polar surface area (TPSA) is 51.2 Å². The molecule has 0 saturated carbocycles. The number of nitrogens with one attached hydrogen (secondary N) is 1. The summed E-state index contributed by atoms with van der Waals surface area (Å²) in [6, 6.07) is 4.00. The van der Waals surface area contributed by atoms with Crippen LogP contribution in [-0.4, -0.2) is 6.04 Å². The lowest BCUT2D eigenvalue weighted by Gasteiger charge is -2.10. The van der Waals surface area contributed by atoms with Crippen molar-refractivity contribution in [2.45, 2.75) is 25.3 Å². The molecule has 0 aliphatic rings. The van der Waals surface area contributed by atoms with Gasteiger partial charge in [-0.1, -0.05) is 0 Å². The quantitative estimate of drug-likeness (QED) is 0.403. The standard InChI is InChI=1S/C10H14N2O/c1-2-4-9(12-11)6-7-10-5-3-8-13-10/h1,3,5,8-9,12H,4,6-7,11H2. The Balaban J connectivity index is 2.28. The Morgan fingerprint density at radius 3 is 3.08 bits per heavy atom. The zero-order valence-electron chi connectivity index (χ0n) is 7.49. The number of hydrogen-bond acceptors (Lipinski definition) is 3. The first kappa shape index (κ1) is 9.85. The highest BCUT2D eigenvalue weighted by atomic mass is 16.3. The van der Waals surface area contributed by atoms with Crippen molar-refractivity contribution in [2.75, 3.05) is 0 Å². The van der Waals surface area contributed by atoms with E-state index < -0.39 is 0 Å². The number of nitrogens with two attached hydrogens (primary N) is 1. The maximum absolute atomic E-state index is 5.32. The summed E-state index contributed by atoms with van der Waals surface area (Å²) < 4.78 is 5.19. The summed E-state index contributed by atoms with van der Waals surface area (Å²) in [6.45, 7) is 0. The lowest BCUT2D eigenvalue weighted by Crippen LogP contribution is -2.35. The van der Waals surface area contributed by atoms with Crippen LogP contribution < -0.4 is 11.3 Å². The Bertz CT molecular complexity index is 261. The molecule has 1 aromatic rings. The zero-order valence-corrected chi connectivity index (χ0v) is 7.49. The summed E-state index contributed by atoms with van der Waals surface area (Å²) >= 11 is 0. The van der Waals surface area contributed by atoms with E-state index in [4.69, 9.17) is 16.7 Å². The fraction of sp³-hybridized carbons (Fsp3) is 0.400. The molecule has 0 aromatic carbocycles. The monoisotopic (exact) mass is 178 g/mol. The molecule has 0 amide bonds. The Hall–Kier alpha value is -1.24. The third kappa shape index (κ3) is 3.32. The van der Waals surface area contributed by atoms with Gasteiger partial charge in [-0.05, 0) is 18.6 Å². The second-order valence-electron chi connectivity index (χ2n) is 2.89. The van der Waals surface area contributed by atoms with Crippen molar-refractivity contribution >= 4 is 0 Å². The van der Waals surface area contributed by atoms with E-state index in [0.717, 1.165) is 18.6 Å². The van der Waals surface area contributed by atoms with Crippen LogP contribution in [0.1, 0.15) is 18.6 Å². The second-order valence-corrected chi connectivity index (χ2v) is 2.89. The fourth-order valence-electron chi connectivity index (χ4n) is 1.16. The molecule has 0 spiro atoms. The minimum Gasteiger partial charge on any atom is -0.469 e. The summed E-state index contributed by atoms with van der Waals surface area (Å²) in [6.07, 6.45) is 9.26. The third-order valence-corrected chi connectivity index (χ3v) is 1.92. The van der Waals surface area contributed by atoms with Crippen LogP contribution in [0.5, 0.6) is 0 Å². The van der Waals surface area contributed by atoms with Crippen LogP contribution in [-0.2, 0) is 6.42 Å². The molecule has 0 fully saturated rings. The third-order valence-electron chi connectivity index (χ3n) is 1.92. The van der Waals surface area contributed by atoms with E-state index in [9.17, 15) is 0 Å². The highest BCUT2D eigenvalue weighted by Gasteiger charge is 2.05. The first-order valence-corrected chi connectivity index (χ1v) is 4.28. The molecular weight excluding hydrogens is 164 g/mol. The molecule has 3 N–H and O–H groups in total. The van der Waals surface area contributed by atoms with Crippen molar-refractivity contribution in [2.24, 2.45) is 5.84 Å². The minimum atomic E-state index is 0.176. The van der Waals surface area contributed by atoms with Crippen LogP contribution in [0, 0.1) is 12.3 Å². The normalized spacial score (nSPS) is 12.3. The molecule has 0 aliphatic heterocycles. The number of hydrogen-bond donors (Lipinski definition) is 2. The first-order chi connectivity index (χ1) is 6.36. The summed E-state index contributed by atoms with van der Waals surface area (Å²) in [5, 5.41) is 0. The summed E-state index contributed by atoms with van der Waals surface area (Å²) in [5.41, 5.74) is 2.68. The number of hydrazine groups is 1.